The molecule has 5 heteroatoms. The lowest BCUT2D eigenvalue weighted by atomic mass is 10.1. The van der Waals surface area contributed by atoms with Gasteiger partial charge in [0.15, 0.2) is 0 Å². The van der Waals surface area contributed by atoms with E-state index in [4.69, 9.17) is 9.84 Å². The van der Waals surface area contributed by atoms with Gasteiger partial charge in [0, 0.05) is 11.1 Å². The quantitative estimate of drug-likeness (QED) is 0.517. The second kappa shape index (κ2) is 6.47. The number of carboxylic acid groups (broad SMARTS) is 1. The number of ether oxygens (including phenoxy) is 1. The van der Waals surface area contributed by atoms with E-state index >= 15 is 0 Å². The Morgan fingerprint density at radius 3 is 1.90 bits per heavy atom. The average Bonchev–Trinajstić information content (AvgIpc) is 2.53. The molecule has 0 fully saturated rings. The highest BCUT2D eigenvalue weighted by molar-refractivity contribution is 6.40. The average molecular weight is 284 g/mol. The van der Waals surface area contributed by atoms with Crippen LogP contribution in [0.25, 0.3) is 0 Å². The molecule has 0 amide bonds. The third-order valence-corrected chi connectivity index (χ3v) is 2.77. The van der Waals surface area contributed by atoms with Crippen LogP contribution in [0.3, 0.4) is 0 Å². The Morgan fingerprint density at radius 1 is 0.857 bits per heavy atom. The molecule has 1 unspecified atom stereocenters. The Labute approximate surface area is 120 Å². The standard InChI is InChI=1S/C16H12O5/c17-13(11-7-3-1-4-8-11)16(20)21-14(15(18)19)12-9-5-2-6-10-12/h1-10,14H,(H,18,19). The fraction of sp³-hybridized carbons (Fsp3) is 0.0625. The summed E-state index contributed by atoms with van der Waals surface area (Å²) >= 11 is 0. The molecule has 0 bridgehead atoms. The first-order valence-electron chi connectivity index (χ1n) is 6.17. The van der Waals surface area contributed by atoms with Gasteiger partial charge in [-0.05, 0) is 0 Å². The zero-order valence-electron chi connectivity index (χ0n) is 10.9. The number of benzene rings is 2. The van der Waals surface area contributed by atoms with Crippen LogP contribution >= 0.6 is 0 Å². The molecule has 106 valence electrons. The van der Waals surface area contributed by atoms with Gasteiger partial charge in [-0.1, -0.05) is 60.7 Å². The first kappa shape index (κ1) is 14.5. The number of carboxylic acids is 1. The predicted octanol–water partition coefficient (Wildman–Crippen LogP) is 2.24. The molecule has 2 rings (SSSR count). The number of ketones is 1. The van der Waals surface area contributed by atoms with E-state index in [0.717, 1.165) is 0 Å². The summed E-state index contributed by atoms with van der Waals surface area (Å²) in [5, 5.41) is 9.14. The van der Waals surface area contributed by atoms with E-state index < -0.39 is 23.8 Å². The van der Waals surface area contributed by atoms with Gasteiger partial charge in [0.25, 0.3) is 5.78 Å². The van der Waals surface area contributed by atoms with Crippen LogP contribution in [0.4, 0.5) is 0 Å². The summed E-state index contributed by atoms with van der Waals surface area (Å²) in [4.78, 5) is 34.9. The molecule has 0 aromatic heterocycles. The topological polar surface area (TPSA) is 80.7 Å². The largest absolute Gasteiger partial charge is 0.478 e. The molecule has 0 saturated carbocycles. The van der Waals surface area contributed by atoms with E-state index in [2.05, 4.69) is 0 Å². The van der Waals surface area contributed by atoms with Crippen LogP contribution in [-0.2, 0) is 14.3 Å². The molecular weight excluding hydrogens is 272 g/mol. The highest BCUT2D eigenvalue weighted by atomic mass is 16.6. The lowest BCUT2D eigenvalue weighted by molar-refractivity contribution is -0.161. The van der Waals surface area contributed by atoms with Crippen molar-refractivity contribution in [1.82, 2.24) is 0 Å². The normalized spacial score (nSPS) is 11.4. The van der Waals surface area contributed by atoms with E-state index in [1.807, 2.05) is 0 Å². The SMILES string of the molecule is O=C(OC(C(=O)O)c1ccccc1)C(=O)c1ccccc1. The molecule has 0 heterocycles. The molecular formula is C16H12O5. The Bertz CT molecular complexity index is 649. The van der Waals surface area contributed by atoms with E-state index in [1.54, 1.807) is 36.4 Å². The maximum atomic E-state index is 11.9. The van der Waals surface area contributed by atoms with Gasteiger partial charge in [-0.25, -0.2) is 9.59 Å². The number of esters is 1. The van der Waals surface area contributed by atoms with Gasteiger partial charge in [-0.3, -0.25) is 4.79 Å². The summed E-state index contributed by atoms with van der Waals surface area (Å²) in [7, 11) is 0. The number of hydrogen-bond acceptors (Lipinski definition) is 4. The number of rotatable bonds is 5. The van der Waals surface area contributed by atoms with Gasteiger partial charge in [0.2, 0.25) is 6.10 Å². The van der Waals surface area contributed by atoms with Gasteiger partial charge >= 0.3 is 11.9 Å². The minimum Gasteiger partial charge on any atom is -0.478 e. The molecule has 2 aromatic rings. The fourth-order valence-corrected chi connectivity index (χ4v) is 1.76. The Kier molecular flexibility index (Phi) is 4.46. The van der Waals surface area contributed by atoms with Crippen molar-refractivity contribution in [3.05, 3.63) is 71.8 Å². The maximum absolute atomic E-state index is 11.9. The van der Waals surface area contributed by atoms with Gasteiger partial charge in [-0.2, -0.15) is 0 Å². The zero-order valence-corrected chi connectivity index (χ0v) is 10.9. The molecule has 21 heavy (non-hydrogen) atoms. The van der Waals surface area contributed by atoms with Crippen LogP contribution in [0.15, 0.2) is 60.7 Å². The molecule has 2 aromatic carbocycles. The predicted molar refractivity (Wildman–Crippen MR) is 73.7 cm³/mol. The molecule has 0 spiro atoms. The van der Waals surface area contributed by atoms with Crippen molar-refractivity contribution in [3.8, 4) is 0 Å². The van der Waals surface area contributed by atoms with Gasteiger partial charge in [-0.15, -0.1) is 0 Å². The molecule has 1 atom stereocenters. The van der Waals surface area contributed by atoms with Crippen molar-refractivity contribution >= 4 is 17.7 Å². The van der Waals surface area contributed by atoms with E-state index in [0.29, 0.717) is 5.56 Å². The van der Waals surface area contributed by atoms with Crippen LogP contribution in [0.2, 0.25) is 0 Å². The van der Waals surface area contributed by atoms with E-state index in [1.165, 1.54) is 24.3 Å². The van der Waals surface area contributed by atoms with Gasteiger partial charge in [0.05, 0.1) is 0 Å². The van der Waals surface area contributed by atoms with Crippen LogP contribution < -0.4 is 0 Å². The van der Waals surface area contributed by atoms with Crippen LogP contribution in [0, 0.1) is 0 Å². The number of aliphatic carboxylic acids is 1. The van der Waals surface area contributed by atoms with Crippen molar-refractivity contribution in [2.24, 2.45) is 0 Å². The molecule has 0 aliphatic rings. The van der Waals surface area contributed by atoms with Gasteiger partial charge in [0.1, 0.15) is 0 Å². The third kappa shape index (κ3) is 3.54. The number of Topliss-reactive ketones (excluding diaryl/α,β-unsaturated/α-hetero) is 1. The lowest BCUT2D eigenvalue weighted by Gasteiger charge is -2.13. The highest BCUT2D eigenvalue weighted by Crippen LogP contribution is 2.18. The highest BCUT2D eigenvalue weighted by Gasteiger charge is 2.28. The van der Waals surface area contributed by atoms with E-state index in [-0.39, 0.29) is 5.56 Å². The second-order valence-electron chi connectivity index (χ2n) is 4.23. The molecule has 0 aliphatic heterocycles. The van der Waals surface area contributed by atoms with Crippen molar-refractivity contribution in [3.63, 3.8) is 0 Å². The molecule has 5 nitrogen and oxygen atoms in total. The van der Waals surface area contributed by atoms with Crippen molar-refractivity contribution < 1.29 is 24.2 Å². The monoisotopic (exact) mass is 284 g/mol. The summed E-state index contributed by atoms with van der Waals surface area (Å²) in [5.74, 6) is -3.41. The van der Waals surface area contributed by atoms with Gasteiger partial charge < -0.3 is 9.84 Å². The zero-order chi connectivity index (χ0) is 15.2. The fourth-order valence-electron chi connectivity index (χ4n) is 1.76. The Hall–Kier alpha value is -2.95. The first-order valence-corrected chi connectivity index (χ1v) is 6.17. The van der Waals surface area contributed by atoms with Crippen molar-refractivity contribution in [2.75, 3.05) is 0 Å². The van der Waals surface area contributed by atoms with Crippen LogP contribution in [0.5, 0.6) is 0 Å². The minimum absolute atomic E-state index is 0.153. The van der Waals surface area contributed by atoms with Crippen molar-refractivity contribution in [2.45, 2.75) is 6.10 Å². The maximum Gasteiger partial charge on any atom is 0.380 e. The molecule has 1 N–H and O–H groups in total. The summed E-state index contributed by atoms with van der Waals surface area (Å²) in [6.45, 7) is 0. The summed E-state index contributed by atoms with van der Waals surface area (Å²) in [6.07, 6.45) is -1.51. The van der Waals surface area contributed by atoms with Crippen LogP contribution in [0.1, 0.15) is 22.0 Å². The smallest absolute Gasteiger partial charge is 0.380 e. The third-order valence-electron chi connectivity index (χ3n) is 2.77. The minimum atomic E-state index is -1.51. The van der Waals surface area contributed by atoms with Crippen molar-refractivity contribution in [1.29, 1.82) is 0 Å². The first-order chi connectivity index (χ1) is 10.1. The number of carbonyl (C=O) groups is 3. The van der Waals surface area contributed by atoms with E-state index in [9.17, 15) is 14.4 Å². The summed E-state index contributed by atoms with van der Waals surface area (Å²) in [6, 6.07) is 15.8. The summed E-state index contributed by atoms with van der Waals surface area (Å²) in [5.41, 5.74) is 0.443. The lowest BCUT2D eigenvalue weighted by Crippen LogP contribution is -2.24. The Morgan fingerprint density at radius 2 is 1.38 bits per heavy atom. The molecule has 0 radical (unpaired) electrons. The van der Waals surface area contributed by atoms with Crippen LogP contribution in [-0.4, -0.2) is 22.8 Å². The number of hydrogen-bond donors (Lipinski definition) is 1. The summed E-state index contributed by atoms with van der Waals surface area (Å²) < 4.78 is 4.83. The second-order valence-corrected chi connectivity index (χ2v) is 4.23. The Balaban J connectivity index is 2.16. The molecule has 0 aliphatic carbocycles. The number of carbonyl (C=O) groups excluding carboxylic acids is 2. The molecule has 0 saturated heterocycles.